The molecule has 3 N–H and O–H groups in total. The second-order valence-electron chi connectivity index (χ2n) is 3.68. The number of benzene rings is 1. The summed E-state index contributed by atoms with van der Waals surface area (Å²) in [6.07, 6.45) is 2.38. The number of carbonyl (C=O) groups excluding carboxylic acids is 1. The molecule has 2 amide bonds. The van der Waals surface area contributed by atoms with E-state index in [0.29, 0.717) is 5.82 Å². The van der Waals surface area contributed by atoms with Crippen LogP contribution in [0, 0.1) is 5.82 Å². The molecule has 1 heterocycles. The Morgan fingerprint density at radius 3 is 2.89 bits per heavy atom. The number of nitrogens with zero attached hydrogens (tertiary/aromatic N) is 1. The van der Waals surface area contributed by atoms with Crippen molar-refractivity contribution in [2.45, 2.75) is 13.3 Å². The van der Waals surface area contributed by atoms with Crippen LogP contribution in [0.3, 0.4) is 0 Å². The Morgan fingerprint density at radius 1 is 1.39 bits per heavy atom. The van der Waals surface area contributed by atoms with Gasteiger partial charge in [-0.25, -0.2) is 9.18 Å². The number of aromatic nitrogens is 2. The Balaban J connectivity index is 2.04. The van der Waals surface area contributed by atoms with Crippen LogP contribution in [0.2, 0.25) is 0 Å². The van der Waals surface area contributed by atoms with Gasteiger partial charge >= 0.3 is 6.03 Å². The van der Waals surface area contributed by atoms with E-state index >= 15 is 0 Å². The molecule has 0 aliphatic carbocycles. The SMILES string of the molecule is CCc1cn[nH]c1NC(=O)Nc1ccccc1F. The number of H-pyrrole nitrogens is 1. The number of urea groups is 1. The number of nitrogens with one attached hydrogen (secondary N) is 3. The zero-order chi connectivity index (χ0) is 13.0. The topological polar surface area (TPSA) is 69.8 Å². The summed E-state index contributed by atoms with van der Waals surface area (Å²) < 4.78 is 13.3. The molecule has 0 saturated heterocycles. The van der Waals surface area contributed by atoms with Crippen molar-refractivity contribution >= 4 is 17.5 Å². The van der Waals surface area contributed by atoms with Crippen LogP contribution in [0.4, 0.5) is 20.7 Å². The summed E-state index contributed by atoms with van der Waals surface area (Å²) >= 11 is 0. The van der Waals surface area contributed by atoms with E-state index in [0.717, 1.165) is 12.0 Å². The first-order chi connectivity index (χ1) is 8.70. The highest BCUT2D eigenvalue weighted by Gasteiger charge is 2.09. The molecular formula is C12H13FN4O. The summed E-state index contributed by atoms with van der Waals surface area (Å²) in [7, 11) is 0. The van der Waals surface area contributed by atoms with Crippen molar-refractivity contribution in [3.8, 4) is 0 Å². The van der Waals surface area contributed by atoms with Gasteiger partial charge < -0.3 is 5.32 Å². The van der Waals surface area contributed by atoms with Crippen LogP contribution in [0.15, 0.2) is 30.5 Å². The van der Waals surface area contributed by atoms with Crippen molar-refractivity contribution in [3.63, 3.8) is 0 Å². The lowest BCUT2D eigenvalue weighted by atomic mass is 10.2. The molecule has 0 saturated carbocycles. The van der Waals surface area contributed by atoms with Gasteiger partial charge in [0.1, 0.15) is 11.6 Å². The Morgan fingerprint density at radius 2 is 2.17 bits per heavy atom. The summed E-state index contributed by atoms with van der Waals surface area (Å²) in [6.45, 7) is 1.95. The highest BCUT2D eigenvalue weighted by atomic mass is 19.1. The van der Waals surface area contributed by atoms with Gasteiger partial charge in [0.15, 0.2) is 0 Å². The molecule has 0 fully saturated rings. The fraction of sp³-hybridized carbons (Fsp3) is 0.167. The van der Waals surface area contributed by atoms with Gasteiger partial charge in [0.05, 0.1) is 11.9 Å². The lowest BCUT2D eigenvalue weighted by Crippen LogP contribution is -2.21. The zero-order valence-corrected chi connectivity index (χ0v) is 9.83. The lowest BCUT2D eigenvalue weighted by molar-refractivity contribution is 0.262. The number of anilines is 2. The second-order valence-corrected chi connectivity index (χ2v) is 3.68. The van der Waals surface area contributed by atoms with E-state index in [4.69, 9.17) is 0 Å². The van der Waals surface area contributed by atoms with E-state index in [-0.39, 0.29) is 5.69 Å². The van der Waals surface area contributed by atoms with Crippen molar-refractivity contribution < 1.29 is 9.18 Å². The summed E-state index contributed by atoms with van der Waals surface area (Å²) in [5.74, 6) is 0.0410. The first-order valence-corrected chi connectivity index (χ1v) is 5.55. The average Bonchev–Trinajstić information content (AvgIpc) is 2.79. The van der Waals surface area contributed by atoms with Crippen LogP contribution in [0.25, 0.3) is 0 Å². The molecule has 2 rings (SSSR count). The lowest BCUT2D eigenvalue weighted by Gasteiger charge is -2.07. The zero-order valence-electron chi connectivity index (χ0n) is 9.83. The number of amides is 2. The maximum atomic E-state index is 13.3. The molecule has 0 aliphatic rings. The van der Waals surface area contributed by atoms with Gasteiger partial charge in [0.2, 0.25) is 0 Å². The fourth-order valence-electron chi connectivity index (χ4n) is 1.52. The number of rotatable bonds is 3. The van der Waals surface area contributed by atoms with Crippen LogP contribution in [-0.4, -0.2) is 16.2 Å². The van der Waals surface area contributed by atoms with Gasteiger partial charge in [-0.1, -0.05) is 19.1 Å². The molecule has 2 aromatic rings. The molecular weight excluding hydrogens is 235 g/mol. The van der Waals surface area contributed by atoms with Gasteiger partial charge in [-0.2, -0.15) is 5.10 Å². The Hall–Kier alpha value is -2.37. The molecule has 94 valence electrons. The molecule has 0 bridgehead atoms. The number of aromatic amines is 1. The molecule has 0 aliphatic heterocycles. The molecule has 0 unspecified atom stereocenters. The summed E-state index contributed by atoms with van der Waals surface area (Å²) in [5.41, 5.74) is 1.02. The Labute approximate surface area is 103 Å². The number of para-hydroxylation sites is 1. The molecule has 6 heteroatoms. The summed E-state index contributed by atoms with van der Waals surface area (Å²) in [4.78, 5) is 11.7. The fourth-order valence-corrected chi connectivity index (χ4v) is 1.52. The monoisotopic (exact) mass is 248 g/mol. The molecule has 0 radical (unpaired) electrons. The van der Waals surface area contributed by atoms with Gasteiger partial charge in [0.25, 0.3) is 0 Å². The quantitative estimate of drug-likeness (QED) is 0.781. The minimum Gasteiger partial charge on any atom is -0.305 e. The van der Waals surface area contributed by atoms with E-state index in [1.54, 1.807) is 18.3 Å². The molecule has 18 heavy (non-hydrogen) atoms. The number of halogens is 1. The molecule has 1 aromatic carbocycles. The Kier molecular flexibility index (Phi) is 3.57. The Bertz CT molecular complexity index is 553. The number of carbonyl (C=O) groups is 1. The standard InChI is InChI=1S/C12H13FN4O/c1-2-8-7-14-17-11(8)16-12(18)15-10-6-4-3-5-9(10)13/h3-7H,2H2,1H3,(H3,14,15,16,17,18). The summed E-state index contributed by atoms with van der Waals surface area (Å²) in [5, 5.41) is 11.5. The molecule has 0 spiro atoms. The number of hydrogen-bond acceptors (Lipinski definition) is 2. The first-order valence-electron chi connectivity index (χ1n) is 5.55. The van der Waals surface area contributed by atoms with E-state index in [9.17, 15) is 9.18 Å². The first kappa shape index (κ1) is 12.1. The van der Waals surface area contributed by atoms with Crippen LogP contribution in [0.1, 0.15) is 12.5 Å². The third-order valence-corrected chi connectivity index (χ3v) is 2.46. The van der Waals surface area contributed by atoms with Crippen LogP contribution in [0.5, 0.6) is 0 Å². The predicted octanol–water partition coefficient (Wildman–Crippen LogP) is 2.76. The van der Waals surface area contributed by atoms with Gasteiger partial charge in [-0.15, -0.1) is 0 Å². The van der Waals surface area contributed by atoms with Gasteiger partial charge in [-0.3, -0.25) is 10.4 Å². The van der Waals surface area contributed by atoms with Crippen LogP contribution >= 0.6 is 0 Å². The van der Waals surface area contributed by atoms with Gasteiger partial charge in [-0.05, 0) is 18.6 Å². The number of hydrogen-bond donors (Lipinski definition) is 3. The van der Waals surface area contributed by atoms with E-state index in [1.807, 2.05) is 6.92 Å². The summed E-state index contributed by atoms with van der Waals surface area (Å²) in [6, 6.07) is 5.46. The van der Waals surface area contributed by atoms with E-state index in [2.05, 4.69) is 20.8 Å². The predicted molar refractivity (Wildman–Crippen MR) is 67.0 cm³/mol. The van der Waals surface area contributed by atoms with Crippen molar-refractivity contribution in [1.82, 2.24) is 10.2 Å². The van der Waals surface area contributed by atoms with Crippen molar-refractivity contribution in [2.24, 2.45) is 0 Å². The van der Waals surface area contributed by atoms with Gasteiger partial charge in [0, 0.05) is 5.56 Å². The average molecular weight is 248 g/mol. The third-order valence-electron chi connectivity index (χ3n) is 2.46. The van der Waals surface area contributed by atoms with Crippen LogP contribution < -0.4 is 10.6 Å². The second kappa shape index (κ2) is 5.31. The van der Waals surface area contributed by atoms with Crippen molar-refractivity contribution in [1.29, 1.82) is 0 Å². The molecule has 5 nitrogen and oxygen atoms in total. The minimum atomic E-state index is -0.515. The maximum absolute atomic E-state index is 13.3. The minimum absolute atomic E-state index is 0.132. The highest BCUT2D eigenvalue weighted by molar-refractivity contribution is 5.99. The van der Waals surface area contributed by atoms with Crippen molar-refractivity contribution in [2.75, 3.05) is 10.6 Å². The molecule has 0 atom stereocenters. The number of aryl methyl sites for hydroxylation is 1. The van der Waals surface area contributed by atoms with Crippen LogP contribution in [-0.2, 0) is 6.42 Å². The smallest absolute Gasteiger partial charge is 0.305 e. The highest BCUT2D eigenvalue weighted by Crippen LogP contribution is 2.14. The largest absolute Gasteiger partial charge is 0.324 e. The van der Waals surface area contributed by atoms with Crippen molar-refractivity contribution in [3.05, 3.63) is 41.8 Å². The molecule has 1 aromatic heterocycles. The van der Waals surface area contributed by atoms with E-state index < -0.39 is 11.8 Å². The normalized spacial score (nSPS) is 10.1. The third kappa shape index (κ3) is 2.65. The van der Waals surface area contributed by atoms with E-state index in [1.165, 1.54) is 12.1 Å². The maximum Gasteiger partial charge on any atom is 0.324 e.